The van der Waals surface area contributed by atoms with E-state index in [1.54, 1.807) is 6.92 Å². The third-order valence-electron chi connectivity index (χ3n) is 1.55. The minimum atomic E-state index is -1.45. The van der Waals surface area contributed by atoms with Crippen LogP contribution in [-0.2, 0) is 0 Å². The summed E-state index contributed by atoms with van der Waals surface area (Å²) in [7, 11) is 1.50. The van der Waals surface area contributed by atoms with Gasteiger partial charge in [0.1, 0.15) is 0 Å². The van der Waals surface area contributed by atoms with E-state index in [1.165, 1.54) is 13.1 Å². The fourth-order valence-corrected chi connectivity index (χ4v) is 0.857. The molecule has 13 heavy (non-hydrogen) atoms. The highest BCUT2D eigenvalue weighted by Crippen LogP contribution is 2.19. The Morgan fingerprint density at radius 1 is 1.54 bits per heavy atom. The molecular formula is C11H20FN. The molecule has 0 aromatic rings. The molecule has 0 heterocycles. The largest absolute Gasteiger partial charge is 0.333 e. The molecule has 0 aliphatic rings. The maximum absolute atomic E-state index is 13.4. The van der Waals surface area contributed by atoms with Crippen LogP contribution in [-0.4, -0.2) is 12.7 Å². The molecule has 2 heteroatoms. The van der Waals surface area contributed by atoms with E-state index < -0.39 is 5.67 Å². The third kappa shape index (κ3) is 7.55. The summed E-state index contributed by atoms with van der Waals surface area (Å²) < 4.78 is 13.4. The molecule has 2 N–H and O–H groups in total. The molecule has 0 rings (SSSR count). The van der Waals surface area contributed by atoms with Gasteiger partial charge in [0.15, 0.2) is 5.67 Å². The van der Waals surface area contributed by atoms with Gasteiger partial charge in [0.25, 0.3) is 0 Å². The van der Waals surface area contributed by atoms with Crippen LogP contribution in [0.3, 0.4) is 0 Å². The molecular weight excluding hydrogens is 165 g/mol. The van der Waals surface area contributed by atoms with Crippen LogP contribution in [0.4, 0.5) is 4.39 Å². The summed E-state index contributed by atoms with van der Waals surface area (Å²) in [6.07, 6.45) is 3.61. The number of hydrogen-bond donors (Lipinski definition) is 1. The van der Waals surface area contributed by atoms with Gasteiger partial charge in [0, 0.05) is 0 Å². The van der Waals surface area contributed by atoms with Crippen LogP contribution in [0.2, 0.25) is 0 Å². The van der Waals surface area contributed by atoms with Crippen molar-refractivity contribution >= 4 is 0 Å². The van der Waals surface area contributed by atoms with Crippen molar-refractivity contribution in [1.29, 1.82) is 0 Å². The van der Waals surface area contributed by atoms with Crippen LogP contribution in [0.25, 0.3) is 0 Å². The molecule has 0 radical (unpaired) electrons. The van der Waals surface area contributed by atoms with E-state index in [9.17, 15) is 4.39 Å². The zero-order valence-electron chi connectivity index (χ0n) is 8.86. The molecule has 0 bridgehead atoms. The lowest BCUT2D eigenvalue weighted by Gasteiger charge is -2.12. The Morgan fingerprint density at radius 3 is 2.38 bits per heavy atom. The summed E-state index contributed by atoms with van der Waals surface area (Å²) in [6.45, 7) is 7.10. The van der Waals surface area contributed by atoms with Gasteiger partial charge in [0.05, 0.1) is 0 Å². The van der Waals surface area contributed by atoms with Gasteiger partial charge >= 0.3 is 0 Å². The van der Waals surface area contributed by atoms with Gasteiger partial charge < -0.3 is 5.73 Å². The van der Waals surface area contributed by atoms with Crippen LogP contribution in [0, 0.1) is 11.8 Å². The third-order valence-corrected chi connectivity index (χ3v) is 1.55. The van der Waals surface area contributed by atoms with Crippen molar-refractivity contribution in [3.63, 3.8) is 0 Å². The van der Waals surface area contributed by atoms with E-state index in [0.717, 1.165) is 12.8 Å². The Balaban J connectivity index is 0. The lowest BCUT2D eigenvalue weighted by atomic mass is 10.00. The van der Waals surface area contributed by atoms with Crippen molar-refractivity contribution in [2.75, 3.05) is 7.05 Å². The molecule has 0 aromatic carbocycles. The van der Waals surface area contributed by atoms with E-state index in [1.807, 2.05) is 6.92 Å². The summed E-state index contributed by atoms with van der Waals surface area (Å²) in [4.78, 5) is 0. The Bertz CT molecular complexity index is 178. The Labute approximate surface area is 81.2 Å². The first-order valence-electron chi connectivity index (χ1n) is 4.52. The monoisotopic (exact) mass is 185 g/mol. The van der Waals surface area contributed by atoms with Gasteiger partial charge in [-0.05, 0) is 32.9 Å². The summed E-state index contributed by atoms with van der Waals surface area (Å²) in [5.74, 6) is 5.08. The summed E-state index contributed by atoms with van der Waals surface area (Å²) >= 11 is 0. The van der Waals surface area contributed by atoms with Crippen LogP contribution >= 0.6 is 0 Å². The van der Waals surface area contributed by atoms with Crippen molar-refractivity contribution in [1.82, 2.24) is 0 Å². The smallest absolute Gasteiger partial charge is 0.188 e. The van der Waals surface area contributed by atoms with E-state index >= 15 is 0 Å². The predicted molar refractivity (Wildman–Crippen MR) is 57.1 cm³/mol. The first-order valence-corrected chi connectivity index (χ1v) is 4.52. The summed E-state index contributed by atoms with van der Waals surface area (Å²) in [5.41, 5.74) is 3.05. The number of unbranched alkanes of at least 4 members (excludes halogenated alkanes) is 1. The molecule has 1 atom stereocenters. The molecule has 0 saturated carbocycles. The molecule has 0 amide bonds. The highest BCUT2D eigenvalue weighted by Gasteiger charge is 2.20. The first kappa shape index (κ1) is 14.7. The number of nitrogens with two attached hydrogens (primary N) is 1. The van der Waals surface area contributed by atoms with Crippen LogP contribution in [0.1, 0.15) is 33.1 Å². The lowest BCUT2D eigenvalue weighted by molar-refractivity contribution is 0.286. The average Bonchev–Trinajstić information content (AvgIpc) is 2.18. The zero-order chi connectivity index (χ0) is 10.7. The number of allylic oxidation sites excluding steroid dienone is 1. The van der Waals surface area contributed by atoms with Gasteiger partial charge in [-0.25, -0.2) is 4.39 Å². The number of hydrogen-bond acceptors (Lipinski definition) is 1. The molecule has 0 fully saturated rings. The van der Waals surface area contributed by atoms with E-state index in [0.29, 0.717) is 6.42 Å². The molecule has 0 aliphatic heterocycles. The Kier molecular flexibility index (Phi) is 10.5. The van der Waals surface area contributed by atoms with E-state index in [4.69, 9.17) is 0 Å². The SMILES string of the molecule is C=CC(F)(C#CC)CCCC.CN. The maximum Gasteiger partial charge on any atom is 0.188 e. The van der Waals surface area contributed by atoms with Crippen molar-refractivity contribution in [2.45, 2.75) is 38.8 Å². The molecule has 76 valence electrons. The van der Waals surface area contributed by atoms with Crippen LogP contribution in [0.15, 0.2) is 12.7 Å². The fraction of sp³-hybridized carbons (Fsp3) is 0.636. The van der Waals surface area contributed by atoms with E-state index in [-0.39, 0.29) is 0 Å². The van der Waals surface area contributed by atoms with Gasteiger partial charge in [-0.15, -0.1) is 5.92 Å². The molecule has 0 saturated heterocycles. The second-order valence-electron chi connectivity index (χ2n) is 2.55. The molecule has 1 unspecified atom stereocenters. The minimum Gasteiger partial charge on any atom is -0.333 e. The molecule has 0 aliphatic carbocycles. The van der Waals surface area contributed by atoms with E-state index in [2.05, 4.69) is 24.2 Å². The Morgan fingerprint density at radius 2 is 2.08 bits per heavy atom. The van der Waals surface area contributed by atoms with Crippen LogP contribution < -0.4 is 5.73 Å². The van der Waals surface area contributed by atoms with Crippen molar-refractivity contribution in [2.24, 2.45) is 5.73 Å². The van der Waals surface area contributed by atoms with Gasteiger partial charge in [0.2, 0.25) is 0 Å². The minimum absolute atomic E-state index is 0.466. The quantitative estimate of drug-likeness (QED) is 0.529. The number of halogens is 1. The Hall–Kier alpha value is -0.810. The highest BCUT2D eigenvalue weighted by molar-refractivity contribution is 5.20. The zero-order valence-corrected chi connectivity index (χ0v) is 8.86. The number of alkyl halides is 1. The second kappa shape index (κ2) is 9.28. The summed E-state index contributed by atoms with van der Waals surface area (Å²) in [6, 6.07) is 0. The highest BCUT2D eigenvalue weighted by atomic mass is 19.1. The summed E-state index contributed by atoms with van der Waals surface area (Å²) in [5, 5.41) is 0. The van der Waals surface area contributed by atoms with Crippen molar-refractivity contribution in [3.05, 3.63) is 12.7 Å². The molecule has 0 aromatic heterocycles. The fourth-order valence-electron chi connectivity index (χ4n) is 0.857. The molecule has 0 spiro atoms. The van der Waals surface area contributed by atoms with Gasteiger partial charge in [-0.1, -0.05) is 25.8 Å². The van der Waals surface area contributed by atoms with Crippen molar-refractivity contribution < 1.29 is 4.39 Å². The second-order valence-corrected chi connectivity index (χ2v) is 2.55. The normalized spacial score (nSPS) is 12.7. The molecule has 1 nitrogen and oxygen atoms in total. The average molecular weight is 185 g/mol. The van der Waals surface area contributed by atoms with Crippen LogP contribution in [0.5, 0.6) is 0 Å². The van der Waals surface area contributed by atoms with Crippen molar-refractivity contribution in [3.8, 4) is 11.8 Å². The predicted octanol–water partition coefficient (Wildman–Crippen LogP) is 2.67. The lowest BCUT2D eigenvalue weighted by Crippen LogP contribution is -2.16. The number of rotatable bonds is 4. The van der Waals surface area contributed by atoms with Gasteiger partial charge in [-0.2, -0.15) is 0 Å². The first-order chi connectivity index (χ1) is 6.18. The topological polar surface area (TPSA) is 26.0 Å². The van der Waals surface area contributed by atoms with Gasteiger partial charge in [-0.3, -0.25) is 0 Å². The standard InChI is InChI=1S/C10H15F.CH5N/c1-4-7-9-10(11,6-3)8-5-2;1-2/h6H,3-4,7,9H2,1-2H3;2H2,1H3. The maximum atomic E-state index is 13.4.